The van der Waals surface area contributed by atoms with E-state index >= 15 is 0 Å². The molecular formula is C26H25NO4. The van der Waals surface area contributed by atoms with Crippen molar-refractivity contribution in [2.24, 2.45) is 0 Å². The van der Waals surface area contributed by atoms with E-state index in [-0.39, 0.29) is 17.4 Å². The molecule has 1 aromatic heterocycles. The number of hydrogen-bond acceptors (Lipinski definition) is 4. The number of ketones is 1. The number of hydrogen-bond donors (Lipinski definition) is 1. The highest BCUT2D eigenvalue weighted by molar-refractivity contribution is 6.16. The van der Waals surface area contributed by atoms with Crippen molar-refractivity contribution in [2.75, 3.05) is 0 Å². The highest BCUT2D eigenvalue weighted by Gasteiger charge is 2.47. The number of aryl methyl sites for hydroxylation is 1. The zero-order valence-corrected chi connectivity index (χ0v) is 17.5. The standard InChI is InChI=1S/C26H25NO4/c1-16-9-5-7-13-19(16)23-22(24(28)21-15-17-10-6-8-14-20(17)31-21)25(29)26(30)27(23)18-11-3-2-4-12-18/h5-10,13-15,18,23,29H,2-4,11-12H2,1H3. The molecule has 0 bridgehead atoms. The van der Waals surface area contributed by atoms with Crippen LogP contribution in [0.3, 0.4) is 0 Å². The second kappa shape index (κ2) is 7.73. The van der Waals surface area contributed by atoms with Gasteiger partial charge in [0.15, 0.2) is 11.5 Å². The molecule has 158 valence electrons. The molecule has 1 unspecified atom stereocenters. The summed E-state index contributed by atoms with van der Waals surface area (Å²) in [5.41, 5.74) is 2.56. The minimum atomic E-state index is -0.613. The van der Waals surface area contributed by atoms with Crippen LogP contribution in [0.15, 0.2) is 70.3 Å². The fraction of sp³-hybridized carbons (Fsp3) is 0.308. The topological polar surface area (TPSA) is 70.7 Å². The predicted molar refractivity (Wildman–Crippen MR) is 118 cm³/mol. The third-order valence-corrected chi connectivity index (χ3v) is 6.59. The lowest BCUT2D eigenvalue weighted by Crippen LogP contribution is -2.41. The Morgan fingerprint density at radius 3 is 2.48 bits per heavy atom. The Morgan fingerprint density at radius 1 is 1.03 bits per heavy atom. The number of nitrogens with zero attached hydrogens (tertiary/aromatic N) is 1. The van der Waals surface area contributed by atoms with Crippen molar-refractivity contribution in [2.45, 2.75) is 51.1 Å². The largest absolute Gasteiger partial charge is 0.503 e. The molecule has 2 heterocycles. The lowest BCUT2D eigenvalue weighted by Gasteiger charge is -2.37. The third kappa shape index (κ3) is 3.25. The van der Waals surface area contributed by atoms with Gasteiger partial charge in [0.05, 0.1) is 11.6 Å². The van der Waals surface area contributed by atoms with Crippen LogP contribution in [-0.2, 0) is 4.79 Å². The molecule has 5 rings (SSSR count). The molecule has 31 heavy (non-hydrogen) atoms. The summed E-state index contributed by atoms with van der Waals surface area (Å²) in [5, 5.41) is 11.7. The SMILES string of the molecule is Cc1ccccc1C1C(C(=O)c2cc3ccccc3o2)=C(O)C(=O)N1C1CCCCC1. The number of Topliss-reactive ketones (excluding diaryl/α,β-unsaturated/α-hetero) is 1. The van der Waals surface area contributed by atoms with Crippen LogP contribution in [0.25, 0.3) is 11.0 Å². The quantitative estimate of drug-likeness (QED) is 0.559. The number of furan rings is 1. The van der Waals surface area contributed by atoms with Gasteiger partial charge in [-0.25, -0.2) is 0 Å². The monoisotopic (exact) mass is 415 g/mol. The molecule has 0 saturated heterocycles. The van der Waals surface area contributed by atoms with E-state index in [1.165, 1.54) is 0 Å². The molecular weight excluding hydrogens is 390 g/mol. The van der Waals surface area contributed by atoms with Crippen LogP contribution < -0.4 is 0 Å². The first-order chi connectivity index (χ1) is 15.1. The van der Waals surface area contributed by atoms with E-state index < -0.39 is 23.5 Å². The highest BCUT2D eigenvalue weighted by atomic mass is 16.3. The molecule has 5 nitrogen and oxygen atoms in total. The molecule has 1 aliphatic heterocycles. The van der Waals surface area contributed by atoms with E-state index in [1.54, 1.807) is 17.0 Å². The summed E-state index contributed by atoms with van der Waals surface area (Å²) in [6.07, 6.45) is 5.00. The van der Waals surface area contributed by atoms with Gasteiger partial charge in [0.1, 0.15) is 5.58 Å². The van der Waals surface area contributed by atoms with Crippen LogP contribution in [0.4, 0.5) is 0 Å². The number of aliphatic hydroxyl groups excluding tert-OH is 1. The van der Waals surface area contributed by atoms with Crippen molar-refractivity contribution < 1.29 is 19.1 Å². The fourth-order valence-corrected chi connectivity index (χ4v) is 5.02. The first-order valence-corrected chi connectivity index (χ1v) is 10.9. The van der Waals surface area contributed by atoms with Gasteiger partial charge in [-0.1, -0.05) is 61.7 Å². The Balaban J connectivity index is 1.63. The summed E-state index contributed by atoms with van der Waals surface area (Å²) in [6, 6.07) is 16.2. The molecule has 2 aromatic carbocycles. The normalized spacial score (nSPS) is 20.1. The molecule has 1 aliphatic carbocycles. The number of carbonyl (C=O) groups is 2. The van der Waals surface area contributed by atoms with Crippen molar-refractivity contribution in [3.8, 4) is 0 Å². The average molecular weight is 415 g/mol. The zero-order valence-electron chi connectivity index (χ0n) is 17.5. The van der Waals surface area contributed by atoms with E-state index in [0.29, 0.717) is 5.58 Å². The maximum absolute atomic E-state index is 13.6. The van der Waals surface area contributed by atoms with Gasteiger partial charge in [0.25, 0.3) is 5.91 Å². The second-order valence-electron chi connectivity index (χ2n) is 8.50. The fourth-order valence-electron chi connectivity index (χ4n) is 5.02. The first-order valence-electron chi connectivity index (χ1n) is 10.9. The van der Waals surface area contributed by atoms with Gasteiger partial charge in [-0.2, -0.15) is 0 Å². The molecule has 1 amide bonds. The first kappa shape index (κ1) is 19.6. The summed E-state index contributed by atoms with van der Waals surface area (Å²) in [4.78, 5) is 28.6. The number of benzene rings is 2. The number of para-hydroxylation sites is 1. The van der Waals surface area contributed by atoms with Crippen molar-refractivity contribution in [3.05, 3.63) is 82.8 Å². The van der Waals surface area contributed by atoms with Gasteiger partial charge in [-0.3, -0.25) is 9.59 Å². The predicted octanol–water partition coefficient (Wildman–Crippen LogP) is 5.65. The van der Waals surface area contributed by atoms with Gasteiger partial charge in [-0.15, -0.1) is 0 Å². The minimum absolute atomic E-state index is 0.00831. The Kier molecular flexibility index (Phi) is 4.89. The van der Waals surface area contributed by atoms with Crippen molar-refractivity contribution in [1.82, 2.24) is 4.90 Å². The van der Waals surface area contributed by atoms with Crippen LogP contribution in [0.5, 0.6) is 0 Å². The molecule has 5 heteroatoms. The van der Waals surface area contributed by atoms with E-state index in [4.69, 9.17) is 4.42 Å². The Bertz CT molecular complexity index is 1170. The second-order valence-corrected chi connectivity index (χ2v) is 8.50. The summed E-state index contributed by atoms with van der Waals surface area (Å²) in [6.45, 7) is 1.97. The molecule has 1 N–H and O–H groups in total. The van der Waals surface area contributed by atoms with Crippen molar-refractivity contribution in [3.63, 3.8) is 0 Å². The van der Waals surface area contributed by atoms with Gasteiger partial charge >= 0.3 is 0 Å². The third-order valence-electron chi connectivity index (χ3n) is 6.59. The summed E-state index contributed by atoms with van der Waals surface area (Å²) >= 11 is 0. The molecule has 0 spiro atoms. The van der Waals surface area contributed by atoms with Crippen molar-refractivity contribution >= 4 is 22.7 Å². The number of carbonyl (C=O) groups excluding carboxylic acids is 2. The van der Waals surface area contributed by atoms with Gasteiger partial charge in [0, 0.05) is 11.4 Å². The molecule has 0 radical (unpaired) electrons. The maximum atomic E-state index is 13.6. The van der Waals surface area contributed by atoms with Crippen LogP contribution in [0.2, 0.25) is 0 Å². The number of aliphatic hydroxyl groups is 1. The van der Waals surface area contributed by atoms with Crippen LogP contribution in [0, 0.1) is 6.92 Å². The molecule has 3 aromatic rings. The van der Waals surface area contributed by atoms with Crippen LogP contribution in [-0.4, -0.2) is 27.7 Å². The average Bonchev–Trinajstić information content (AvgIpc) is 3.34. The summed E-state index contributed by atoms with van der Waals surface area (Å²) in [5.74, 6) is -1.21. The Morgan fingerprint density at radius 2 is 1.74 bits per heavy atom. The van der Waals surface area contributed by atoms with Gasteiger partial charge in [0.2, 0.25) is 5.78 Å². The lowest BCUT2D eigenvalue weighted by molar-refractivity contribution is -0.132. The van der Waals surface area contributed by atoms with E-state index in [1.807, 2.05) is 49.4 Å². The van der Waals surface area contributed by atoms with Crippen molar-refractivity contribution in [1.29, 1.82) is 0 Å². The molecule has 1 fully saturated rings. The Hall–Kier alpha value is -3.34. The molecule has 2 aliphatic rings. The maximum Gasteiger partial charge on any atom is 0.290 e. The van der Waals surface area contributed by atoms with E-state index in [0.717, 1.165) is 48.6 Å². The number of amides is 1. The lowest BCUT2D eigenvalue weighted by atomic mass is 9.88. The summed E-state index contributed by atoms with van der Waals surface area (Å²) in [7, 11) is 0. The number of fused-ring (bicyclic) bond motifs is 1. The van der Waals surface area contributed by atoms with Crippen LogP contribution in [0.1, 0.15) is 59.8 Å². The van der Waals surface area contributed by atoms with Gasteiger partial charge in [-0.05, 0) is 43.0 Å². The van der Waals surface area contributed by atoms with Gasteiger partial charge < -0.3 is 14.4 Å². The molecule has 1 atom stereocenters. The smallest absolute Gasteiger partial charge is 0.290 e. The zero-order chi connectivity index (χ0) is 21.5. The van der Waals surface area contributed by atoms with E-state index in [2.05, 4.69) is 0 Å². The number of rotatable bonds is 4. The minimum Gasteiger partial charge on any atom is -0.503 e. The highest BCUT2D eigenvalue weighted by Crippen LogP contribution is 2.44. The Labute approximate surface area is 181 Å². The van der Waals surface area contributed by atoms with Crippen LogP contribution >= 0.6 is 0 Å². The van der Waals surface area contributed by atoms with E-state index in [9.17, 15) is 14.7 Å². The summed E-state index contributed by atoms with van der Waals surface area (Å²) < 4.78 is 5.80. The molecule has 1 saturated carbocycles.